The Bertz CT molecular complexity index is 824. The zero-order valence-corrected chi connectivity index (χ0v) is 23.0. The Kier molecular flexibility index (Phi) is 8.90. The van der Waals surface area contributed by atoms with Crippen molar-refractivity contribution in [3.05, 3.63) is 0 Å². The first kappa shape index (κ1) is 27.7. The van der Waals surface area contributed by atoms with E-state index in [1.165, 1.54) is 0 Å². The third-order valence-electron chi connectivity index (χ3n) is 8.96. The minimum Gasteiger partial charge on any atom is -0.394 e. The molecule has 36 heavy (non-hydrogen) atoms. The molecular formula is C26H44N4O5S. The molecule has 4 heterocycles. The Morgan fingerprint density at radius 1 is 1.19 bits per heavy atom. The maximum absolute atomic E-state index is 14.2. The molecule has 0 saturated carbocycles. The van der Waals surface area contributed by atoms with E-state index in [2.05, 4.69) is 22.5 Å². The third-order valence-corrected chi connectivity index (χ3v) is 11.0. The van der Waals surface area contributed by atoms with E-state index in [1.54, 1.807) is 16.7 Å². The minimum atomic E-state index is -0.695. The number of nitrogens with one attached hydrogen (secondary N) is 2. The van der Waals surface area contributed by atoms with Gasteiger partial charge in [0.05, 0.1) is 42.4 Å². The van der Waals surface area contributed by atoms with Gasteiger partial charge in [-0.15, -0.1) is 11.8 Å². The Hall–Kier alpha value is -1.36. The molecule has 4 saturated heterocycles. The highest BCUT2D eigenvalue weighted by Gasteiger charge is 2.76. The average molecular weight is 525 g/mol. The van der Waals surface area contributed by atoms with E-state index >= 15 is 0 Å². The molecule has 9 nitrogen and oxygen atoms in total. The standard InChI is InChI=1S/C26H44N4O5S/c1-5-7-27-23(32)20-19-14-17(4)26(36-19)21(20)25(34)30(18(15-31)16(3)6-2)22(26)24(33)28-8-9-29-10-12-35-13-11-29/h16-22,31H,5-15H2,1-4H3,(H,27,32)(H,28,33)/t16-,17?,18-,19-,20+,21-,22?,26?/m0/s1. The SMILES string of the molecule is CCCNC(=O)[C@@H]1[C@@H]2CC(C)C3(S2)C(C(=O)NCCN2CCOCC2)N([C@@H](CO)[C@@H](C)CC)C(=O)[C@H]13. The first-order valence-electron chi connectivity index (χ1n) is 13.8. The van der Waals surface area contributed by atoms with Crippen LogP contribution < -0.4 is 10.6 Å². The summed E-state index contributed by atoms with van der Waals surface area (Å²) in [6.45, 7) is 12.9. The van der Waals surface area contributed by atoms with Gasteiger partial charge in [-0.2, -0.15) is 0 Å². The highest BCUT2D eigenvalue weighted by Crippen LogP contribution is 2.68. The Balaban J connectivity index is 1.63. The van der Waals surface area contributed by atoms with Crippen LogP contribution in [-0.4, -0.2) is 107 Å². The van der Waals surface area contributed by atoms with Crippen molar-refractivity contribution in [1.29, 1.82) is 0 Å². The number of thioether (sulfide) groups is 1. The highest BCUT2D eigenvalue weighted by molar-refractivity contribution is 8.02. The predicted octanol–water partition coefficient (Wildman–Crippen LogP) is 0.705. The van der Waals surface area contributed by atoms with Gasteiger partial charge >= 0.3 is 0 Å². The van der Waals surface area contributed by atoms with Crippen LogP contribution in [0.15, 0.2) is 0 Å². The molecule has 4 fully saturated rings. The number of aliphatic hydroxyl groups excluding tert-OH is 1. The summed E-state index contributed by atoms with van der Waals surface area (Å²) < 4.78 is 4.77. The number of likely N-dealkylation sites (tertiary alicyclic amines) is 1. The number of aliphatic hydroxyl groups is 1. The van der Waals surface area contributed by atoms with Crippen LogP contribution in [0.2, 0.25) is 0 Å². The second kappa shape index (κ2) is 11.6. The van der Waals surface area contributed by atoms with E-state index in [9.17, 15) is 19.5 Å². The van der Waals surface area contributed by atoms with Crippen molar-refractivity contribution < 1.29 is 24.2 Å². The monoisotopic (exact) mass is 524 g/mol. The molecule has 4 rings (SSSR count). The second-order valence-corrected chi connectivity index (χ2v) is 12.5. The van der Waals surface area contributed by atoms with E-state index in [0.717, 1.165) is 38.9 Å². The minimum absolute atomic E-state index is 0.0303. The molecule has 3 amide bonds. The Labute approximate surface area is 219 Å². The molecule has 3 unspecified atom stereocenters. The molecule has 0 radical (unpaired) electrons. The largest absolute Gasteiger partial charge is 0.394 e. The third kappa shape index (κ3) is 4.67. The second-order valence-electron chi connectivity index (χ2n) is 11.0. The summed E-state index contributed by atoms with van der Waals surface area (Å²) >= 11 is 1.69. The molecule has 4 aliphatic rings. The molecule has 1 spiro atoms. The van der Waals surface area contributed by atoms with E-state index in [4.69, 9.17) is 4.74 Å². The van der Waals surface area contributed by atoms with Crippen molar-refractivity contribution >= 4 is 29.5 Å². The van der Waals surface area contributed by atoms with Crippen LogP contribution in [0.25, 0.3) is 0 Å². The summed E-state index contributed by atoms with van der Waals surface area (Å²) in [7, 11) is 0. The lowest BCUT2D eigenvalue weighted by Gasteiger charge is -2.41. The van der Waals surface area contributed by atoms with Crippen molar-refractivity contribution in [3.63, 3.8) is 0 Å². The van der Waals surface area contributed by atoms with Crippen LogP contribution >= 0.6 is 11.8 Å². The number of carbonyl (C=O) groups excluding carboxylic acids is 3. The lowest BCUT2D eigenvalue weighted by molar-refractivity contribution is -0.144. The van der Waals surface area contributed by atoms with Crippen LogP contribution in [0, 0.1) is 23.7 Å². The fourth-order valence-corrected chi connectivity index (χ4v) is 9.26. The Morgan fingerprint density at radius 3 is 2.53 bits per heavy atom. The zero-order valence-electron chi connectivity index (χ0n) is 22.2. The average Bonchev–Trinajstić information content (AvgIpc) is 3.47. The maximum Gasteiger partial charge on any atom is 0.244 e. The fraction of sp³-hybridized carbons (Fsp3) is 0.885. The molecule has 4 aliphatic heterocycles. The number of ether oxygens (including phenoxy) is 1. The molecule has 8 atom stereocenters. The molecule has 204 valence electrons. The van der Waals surface area contributed by atoms with Crippen LogP contribution in [0.3, 0.4) is 0 Å². The highest BCUT2D eigenvalue weighted by atomic mass is 32.2. The van der Waals surface area contributed by atoms with Crippen LogP contribution in [0.4, 0.5) is 0 Å². The number of rotatable bonds is 11. The molecule has 0 aromatic rings. The van der Waals surface area contributed by atoms with Gasteiger partial charge in [-0.3, -0.25) is 19.3 Å². The topological polar surface area (TPSA) is 111 Å². The quantitative estimate of drug-likeness (QED) is 0.365. The predicted molar refractivity (Wildman–Crippen MR) is 139 cm³/mol. The number of carbonyl (C=O) groups is 3. The van der Waals surface area contributed by atoms with Gasteiger partial charge in [0.15, 0.2) is 0 Å². The molecule has 0 aromatic heterocycles. The summed E-state index contributed by atoms with van der Waals surface area (Å²) in [5.41, 5.74) is 0. The van der Waals surface area contributed by atoms with Gasteiger partial charge in [0.25, 0.3) is 0 Å². The number of hydrogen-bond acceptors (Lipinski definition) is 7. The van der Waals surface area contributed by atoms with E-state index < -0.39 is 28.7 Å². The molecule has 2 bridgehead atoms. The maximum atomic E-state index is 14.2. The van der Waals surface area contributed by atoms with Crippen LogP contribution in [0.1, 0.15) is 47.0 Å². The van der Waals surface area contributed by atoms with Gasteiger partial charge in [0.2, 0.25) is 17.7 Å². The van der Waals surface area contributed by atoms with E-state index in [-0.39, 0.29) is 41.4 Å². The number of hydrogen-bond donors (Lipinski definition) is 3. The van der Waals surface area contributed by atoms with Crippen molar-refractivity contribution in [3.8, 4) is 0 Å². The van der Waals surface area contributed by atoms with Crippen LogP contribution in [-0.2, 0) is 19.1 Å². The summed E-state index contributed by atoms with van der Waals surface area (Å²) in [6.07, 6.45) is 2.43. The van der Waals surface area contributed by atoms with E-state index in [0.29, 0.717) is 26.3 Å². The summed E-state index contributed by atoms with van der Waals surface area (Å²) in [5, 5.41) is 16.6. The van der Waals surface area contributed by atoms with E-state index in [1.807, 2.05) is 20.8 Å². The number of fused-ring (bicyclic) bond motifs is 1. The Morgan fingerprint density at radius 2 is 1.89 bits per heavy atom. The van der Waals surface area contributed by atoms with Gasteiger partial charge in [0, 0.05) is 38.0 Å². The first-order valence-corrected chi connectivity index (χ1v) is 14.7. The van der Waals surface area contributed by atoms with Crippen molar-refractivity contribution in [2.45, 2.75) is 69.0 Å². The van der Waals surface area contributed by atoms with Crippen molar-refractivity contribution in [1.82, 2.24) is 20.4 Å². The number of nitrogens with zero attached hydrogens (tertiary/aromatic N) is 2. The van der Waals surface area contributed by atoms with Crippen molar-refractivity contribution in [2.75, 3.05) is 52.5 Å². The van der Waals surface area contributed by atoms with Gasteiger partial charge < -0.3 is 25.4 Å². The van der Waals surface area contributed by atoms with Gasteiger partial charge in [-0.25, -0.2) is 0 Å². The molecular weight excluding hydrogens is 480 g/mol. The fourth-order valence-electron chi connectivity index (χ4n) is 6.86. The number of morpholine rings is 1. The lowest BCUT2D eigenvalue weighted by atomic mass is 9.66. The smallest absolute Gasteiger partial charge is 0.244 e. The van der Waals surface area contributed by atoms with Gasteiger partial charge in [-0.05, 0) is 24.7 Å². The summed E-state index contributed by atoms with van der Waals surface area (Å²) in [4.78, 5) is 45.4. The number of amides is 3. The molecule has 0 aromatic carbocycles. The molecule has 10 heteroatoms. The lowest BCUT2D eigenvalue weighted by Crippen LogP contribution is -2.60. The van der Waals surface area contributed by atoms with Gasteiger partial charge in [0.1, 0.15) is 6.04 Å². The van der Waals surface area contributed by atoms with Crippen molar-refractivity contribution in [2.24, 2.45) is 23.7 Å². The first-order chi connectivity index (χ1) is 17.3. The van der Waals surface area contributed by atoms with Gasteiger partial charge in [-0.1, -0.05) is 34.1 Å². The molecule has 0 aliphatic carbocycles. The normalized spacial score (nSPS) is 35.5. The summed E-state index contributed by atoms with van der Waals surface area (Å²) in [6, 6.07) is -1.15. The summed E-state index contributed by atoms with van der Waals surface area (Å²) in [5.74, 6) is -1.19. The molecule has 3 N–H and O–H groups in total. The van der Waals surface area contributed by atoms with Crippen LogP contribution in [0.5, 0.6) is 0 Å². The zero-order chi connectivity index (χ0) is 26.0.